The van der Waals surface area contributed by atoms with Crippen molar-refractivity contribution in [1.29, 1.82) is 0 Å². The molecule has 0 radical (unpaired) electrons. The Labute approximate surface area is 77.9 Å². The highest BCUT2D eigenvalue weighted by Gasteiger charge is 1.95. The van der Waals surface area contributed by atoms with Gasteiger partial charge in [-0.15, -0.1) is 11.8 Å². The predicted molar refractivity (Wildman–Crippen MR) is 58.5 cm³/mol. The molecular weight excluding hydrogens is 166 g/mol. The minimum Gasteiger partial charge on any atom is -0.388 e. The first kappa shape index (κ1) is 9.20. The molecule has 0 aromatic heterocycles. The second kappa shape index (κ2) is 4.21. The van der Waals surface area contributed by atoms with E-state index in [0.717, 1.165) is 10.6 Å². The van der Waals surface area contributed by atoms with Gasteiger partial charge in [-0.05, 0) is 24.0 Å². The molecule has 1 aromatic carbocycles. The molecular formula is C10H13NS. The summed E-state index contributed by atoms with van der Waals surface area (Å²) in [5, 5.41) is 3.07. The van der Waals surface area contributed by atoms with Crippen LogP contribution in [-0.4, -0.2) is 13.3 Å². The van der Waals surface area contributed by atoms with E-state index >= 15 is 0 Å². The second-order valence-corrected chi connectivity index (χ2v) is 3.36. The number of hydrogen-bond acceptors (Lipinski definition) is 2. The first-order valence-electron chi connectivity index (χ1n) is 3.79. The number of hydrogen-bond donors (Lipinski definition) is 1. The Kier molecular flexibility index (Phi) is 3.23. The van der Waals surface area contributed by atoms with Crippen LogP contribution in [0.15, 0.2) is 30.8 Å². The molecule has 12 heavy (non-hydrogen) atoms. The van der Waals surface area contributed by atoms with E-state index in [0.29, 0.717) is 0 Å². The molecule has 0 fully saturated rings. The monoisotopic (exact) mass is 179 g/mol. The topological polar surface area (TPSA) is 12.0 Å². The molecule has 0 aliphatic carbocycles. The van der Waals surface area contributed by atoms with E-state index in [9.17, 15) is 0 Å². The van der Waals surface area contributed by atoms with Crippen LogP contribution < -0.4 is 5.32 Å². The third-order valence-corrected chi connectivity index (χ3v) is 2.47. The zero-order chi connectivity index (χ0) is 8.97. The van der Waals surface area contributed by atoms with Gasteiger partial charge in [0.25, 0.3) is 0 Å². The lowest BCUT2D eigenvalue weighted by Crippen LogP contribution is -1.87. The van der Waals surface area contributed by atoms with Gasteiger partial charge in [0, 0.05) is 17.6 Å². The van der Waals surface area contributed by atoms with Crippen molar-refractivity contribution in [1.82, 2.24) is 0 Å². The molecule has 0 bridgehead atoms. The van der Waals surface area contributed by atoms with E-state index in [2.05, 4.69) is 36.2 Å². The van der Waals surface area contributed by atoms with Gasteiger partial charge in [0.15, 0.2) is 0 Å². The van der Waals surface area contributed by atoms with Gasteiger partial charge in [0.2, 0.25) is 0 Å². The lowest BCUT2D eigenvalue weighted by Gasteiger charge is -2.03. The van der Waals surface area contributed by atoms with Crippen LogP contribution >= 0.6 is 11.8 Å². The summed E-state index contributed by atoms with van der Waals surface area (Å²) in [6.07, 6.45) is 2.04. The molecule has 0 spiro atoms. The molecule has 0 heterocycles. The molecule has 2 heteroatoms. The Morgan fingerprint density at radius 1 is 1.33 bits per heavy atom. The zero-order valence-corrected chi connectivity index (χ0v) is 8.24. The van der Waals surface area contributed by atoms with Gasteiger partial charge in [-0.1, -0.05) is 18.7 Å². The first-order chi connectivity index (χ1) is 5.77. The number of nitrogens with one attached hydrogen (secondary N) is 1. The minimum atomic E-state index is 1.11. The number of anilines is 1. The third-order valence-electron chi connectivity index (χ3n) is 1.74. The number of rotatable bonds is 3. The van der Waals surface area contributed by atoms with Crippen LogP contribution in [0.25, 0.3) is 4.91 Å². The van der Waals surface area contributed by atoms with Crippen molar-refractivity contribution in [3.63, 3.8) is 0 Å². The summed E-state index contributed by atoms with van der Waals surface area (Å²) in [4.78, 5) is 1.11. The van der Waals surface area contributed by atoms with Gasteiger partial charge in [0.05, 0.1) is 0 Å². The molecule has 0 saturated carbocycles. The fraction of sp³-hybridized carbons (Fsp3) is 0.200. The Bertz CT molecular complexity index is 264. The fourth-order valence-corrected chi connectivity index (χ4v) is 1.31. The summed E-state index contributed by atoms with van der Waals surface area (Å²) in [5.41, 5.74) is 2.33. The summed E-state index contributed by atoms with van der Waals surface area (Å²) >= 11 is 1.68. The van der Waals surface area contributed by atoms with Crippen LogP contribution in [-0.2, 0) is 0 Å². The van der Waals surface area contributed by atoms with Gasteiger partial charge in [0.1, 0.15) is 0 Å². The van der Waals surface area contributed by atoms with Crippen molar-refractivity contribution in [2.24, 2.45) is 0 Å². The fourth-order valence-electron chi connectivity index (χ4n) is 0.941. The van der Waals surface area contributed by atoms with Crippen LogP contribution in [0.4, 0.5) is 5.69 Å². The van der Waals surface area contributed by atoms with Gasteiger partial charge in [-0.3, -0.25) is 0 Å². The summed E-state index contributed by atoms with van der Waals surface area (Å²) in [7, 11) is 1.92. The van der Waals surface area contributed by atoms with Crippen LogP contribution in [0.2, 0.25) is 0 Å². The number of benzene rings is 1. The molecule has 0 unspecified atom stereocenters. The third kappa shape index (κ3) is 2.05. The zero-order valence-electron chi connectivity index (χ0n) is 7.42. The Morgan fingerprint density at radius 2 is 1.92 bits per heavy atom. The Morgan fingerprint density at radius 3 is 2.33 bits per heavy atom. The second-order valence-electron chi connectivity index (χ2n) is 2.45. The Balaban J connectivity index is 2.84. The molecule has 0 aliphatic heterocycles. The molecule has 0 saturated heterocycles. The smallest absolute Gasteiger partial charge is 0.0337 e. The van der Waals surface area contributed by atoms with E-state index in [-0.39, 0.29) is 0 Å². The largest absolute Gasteiger partial charge is 0.388 e. The standard InChI is InChI=1S/C10H13NS/c1-8(12-3)9-4-6-10(11-2)7-5-9/h4-7,11H,1H2,2-3H3. The highest BCUT2D eigenvalue weighted by molar-refractivity contribution is 8.07. The maximum Gasteiger partial charge on any atom is 0.0337 e. The average Bonchev–Trinajstić information content (AvgIpc) is 2.17. The van der Waals surface area contributed by atoms with E-state index < -0.39 is 0 Å². The predicted octanol–water partition coefficient (Wildman–Crippen LogP) is 3.06. The van der Waals surface area contributed by atoms with Crippen LogP contribution in [0.3, 0.4) is 0 Å². The summed E-state index contributed by atoms with van der Waals surface area (Å²) < 4.78 is 0. The van der Waals surface area contributed by atoms with E-state index in [4.69, 9.17) is 0 Å². The highest BCUT2D eigenvalue weighted by Crippen LogP contribution is 2.23. The highest BCUT2D eigenvalue weighted by atomic mass is 32.2. The molecule has 1 nitrogen and oxygen atoms in total. The normalized spacial score (nSPS) is 9.50. The maximum atomic E-state index is 3.94. The molecule has 0 aliphatic rings. The van der Waals surface area contributed by atoms with Crippen LogP contribution in [0, 0.1) is 0 Å². The Hall–Kier alpha value is -0.890. The average molecular weight is 179 g/mol. The van der Waals surface area contributed by atoms with E-state index in [1.54, 1.807) is 11.8 Å². The molecule has 0 atom stereocenters. The minimum absolute atomic E-state index is 1.11. The van der Waals surface area contributed by atoms with Crippen molar-refractivity contribution in [2.75, 3.05) is 18.6 Å². The van der Waals surface area contributed by atoms with Crippen molar-refractivity contribution in [2.45, 2.75) is 0 Å². The van der Waals surface area contributed by atoms with Crippen LogP contribution in [0.5, 0.6) is 0 Å². The lowest BCUT2D eigenvalue weighted by molar-refractivity contribution is 1.50. The lowest BCUT2D eigenvalue weighted by atomic mass is 10.2. The summed E-state index contributed by atoms with van der Waals surface area (Å²) in [6, 6.07) is 8.25. The maximum absolute atomic E-state index is 3.94. The van der Waals surface area contributed by atoms with Crippen molar-refractivity contribution >= 4 is 22.4 Å². The quantitative estimate of drug-likeness (QED) is 0.765. The van der Waals surface area contributed by atoms with Crippen molar-refractivity contribution in [3.05, 3.63) is 36.4 Å². The molecule has 1 rings (SSSR count). The van der Waals surface area contributed by atoms with E-state index in [1.165, 1.54) is 5.56 Å². The van der Waals surface area contributed by atoms with Crippen molar-refractivity contribution in [3.8, 4) is 0 Å². The van der Waals surface area contributed by atoms with Gasteiger partial charge in [-0.2, -0.15) is 0 Å². The molecule has 1 N–H and O–H groups in total. The molecule has 0 amide bonds. The summed E-state index contributed by atoms with van der Waals surface area (Å²) in [5.74, 6) is 0. The molecule has 1 aromatic rings. The van der Waals surface area contributed by atoms with Gasteiger partial charge >= 0.3 is 0 Å². The van der Waals surface area contributed by atoms with Crippen molar-refractivity contribution < 1.29 is 0 Å². The van der Waals surface area contributed by atoms with E-state index in [1.807, 2.05) is 13.3 Å². The van der Waals surface area contributed by atoms with Crippen LogP contribution in [0.1, 0.15) is 5.56 Å². The van der Waals surface area contributed by atoms with Gasteiger partial charge in [-0.25, -0.2) is 0 Å². The number of thioether (sulfide) groups is 1. The first-order valence-corrected chi connectivity index (χ1v) is 5.01. The van der Waals surface area contributed by atoms with Gasteiger partial charge < -0.3 is 5.32 Å². The summed E-state index contributed by atoms with van der Waals surface area (Å²) in [6.45, 7) is 3.94. The SMILES string of the molecule is C=C(SC)c1ccc(NC)cc1. The molecule has 64 valence electrons.